The predicted molar refractivity (Wildman–Crippen MR) is 89.0 cm³/mol. The Hall–Kier alpha value is -1.89. The molecule has 0 bridgehead atoms. The Kier molecular flexibility index (Phi) is 5.76. The van der Waals surface area contributed by atoms with Gasteiger partial charge in [0.2, 0.25) is 11.8 Å². The molecular formula is C16H19BrN2O4. The minimum absolute atomic E-state index is 0.123. The van der Waals surface area contributed by atoms with Crippen LogP contribution in [0, 0.1) is 18.8 Å². The lowest BCUT2D eigenvalue weighted by molar-refractivity contribution is -0.141. The van der Waals surface area contributed by atoms with Gasteiger partial charge in [0.1, 0.15) is 0 Å². The summed E-state index contributed by atoms with van der Waals surface area (Å²) >= 11 is 3.39. The zero-order chi connectivity index (χ0) is 17.0. The molecule has 2 amide bonds. The summed E-state index contributed by atoms with van der Waals surface area (Å²) in [4.78, 5) is 34.7. The third-order valence-corrected chi connectivity index (χ3v) is 4.91. The molecule has 1 aromatic carbocycles. The van der Waals surface area contributed by atoms with Crippen LogP contribution in [0.3, 0.4) is 0 Å². The molecule has 0 unspecified atom stereocenters. The summed E-state index contributed by atoms with van der Waals surface area (Å²) in [5.41, 5.74) is 1.66. The topological polar surface area (TPSA) is 95.5 Å². The fourth-order valence-corrected chi connectivity index (χ4v) is 2.93. The van der Waals surface area contributed by atoms with Crippen LogP contribution >= 0.6 is 15.9 Å². The molecule has 7 heteroatoms. The van der Waals surface area contributed by atoms with Crippen molar-refractivity contribution in [2.24, 2.45) is 11.8 Å². The number of carbonyl (C=O) groups is 3. The largest absolute Gasteiger partial charge is 0.481 e. The van der Waals surface area contributed by atoms with Gasteiger partial charge in [-0.1, -0.05) is 15.9 Å². The lowest BCUT2D eigenvalue weighted by Crippen LogP contribution is -2.36. The van der Waals surface area contributed by atoms with E-state index in [2.05, 4.69) is 26.6 Å². The van der Waals surface area contributed by atoms with Gasteiger partial charge in [0, 0.05) is 16.1 Å². The first kappa shape index (κ1) is 17.5. The summed E-state index contributed by atoms with van der Waals surface area (Å²) < 4.78 is 0.956. The van der Waals surface area contributed by atoms with Gasteiger partial charge in [-0.15, -0.1) is 0 Å². The molecule has 6 nitrogen and oxygen atoms in total. The Bertz CT molecular complexity index is 633. The van der Waals surface area contributed by atoms with Crippen molar-refractivity contribution in [3.8, 4) is 0 Å². The van der Waals surface area contributed by atoms with Gasteiger partial charge >= 0.3 is 5.97 Å². The number of aryl methyl sites for hydroxylation is 1. The van der Waals surface area contributed by atoms with Gasteiger partial charge in [-0.2, -0.15) is 0 Å². The Balaban J connectivity index is 1.79. The summed E-state index contributed by atoms with van der Waals surface area (Å²) in [6.45, 7) is 1.79. The van der Waals surface area contributed by atoms with Crippen molar-refractivity contribution < 1.29 is 19.5 Å². The van der Waals surface area contributed by atoms with Crippen LogP contribution in [0.2, 0.25) is 0 Å². The first-order valence-corrected chi connectivity index (χ1v) is 8.22. The lowest BCUT2D eigenvalue weighted by atomic mass is 10.0. The highest BCUT2D eigenvalue weighted by atomic mass is 79.9. The molecule has 1 aliphatic carbocycles. The summed E-state index contributed by atoms with van der Waals surface area (Å²) in [6, 6.07) is 5.44. The number of carbonyl (C=O) groups excluding carboxylic acids is 2. The number of amides is 2. The molecule has 124 valence electrons. The van der Waals surface area contributed by atoms with Gasteiger partial charge in [-0.25, -0.2) is 0 Å². The van der Waals surface area contributed by atoms with E-state index in [-0.39, 0.29) is 24.3 Å². The van der Waals surface area contributed by atoms with Crippen molar-refractivity contribution in [3.63, 3.8) is 0 Å². The second-order valence-electron chi connectivity index (χ2n) is 5.78. The van der Waals surface area contributed by atoms with Gasteiger partial charge in [0.15, 0.2) is 0 Å². The predicted octanol–water partition coefficient (Wildman–Crippen LogP) is 2.31. The standard InChI is InChI=1S/C16H19BrN2O4/c1-9-6-12(4-5-13(9)17)19-14(20)8-18-15(21)10-2-3-11(7-10)16(22)23/h4-6,10-11H,2-3,7-8H2,1H3,(H,18,21)(H,19,20)(H,22,23)/t10-,11+/m1/s1. The molecule has 0 spiro atoms. The van der Waals surface area contributed by atoms with E-state index < -0.39 is 11.9 Å². The summed E-state index contributed by atoms with van der Waals surface area (Å²) in [6.07, 6.45) is 1.41. The zero-order valence-electron chi connectivity index (χ0n) is 12.8. The van der Waals surface area contributed by atoms with E-state index >= 15 is 0 Å². The van der Waals surface area contributed by atoms with Gasteiger partial charge in [-0.05, 0) is 49.9 Å². The van der Waals surface area contributed by atoms with Crippen LogP contribution in [-0.4, -0.2) is 29.4 Å². The third kappa shape index (κ3) is 4.79. The molecule has 3 N–H and O–H groups in total. The number of benzene rings is 1. The van der Waals surface area contributed by atoms with Crippen molar-refractivity contribution in [2.75, 3.05) is 11.9 Å². The molecule has 2 rings (SSSR count). The van der Waals surface area contributed by atoms with Crippen molar-refractivity contribution >= 4 is 39.4 Å². The number of halogens is 1. The van der Waals surface area contributed by atoms with Crippen LogP contribution in [0.1, 0.15) is 24.8 Å². The molecule has 0 heterocycles. The molecule has 0 radical (unpaired) electrons. The highest BCUT2D eigenvalue weighted by Gasteiger charge is 2.33. The fraction of sp³-hybridized carbons (Fsp3) is 0.438. The van der Waals surface area contributed by atoms with E-state index in [9.17, 15) is 14.4 Å². The number of nitrogens with one attached hydrogen (secondary N) is 2. The van der Waals surface area contributed by atoms with E-state index in [4.69, 9.17) is 5.11 Å². The molecule has 23 heavy (non-hydrogen) atoms. The van der Waals surface area contributed by atoms with Crippen LogP contribution in [0.4, 0.5) is 5.69 Å². The van der Waals surface area contributed by atoms with Crippen LogP contribution < -0.4 is 10.6 Å². The van der Waals surface area contributed by atoms with Crippen LogP contribution in [0.25, 0.3) is 0 Å². The Morgan fingerprint density at radius 3 is 2.57 bits per heavy atom. The first-order chi connectivity index (χ1) is 10.9. The van der Waals surface area contributed by atoms with Crippen molar-refractivity contribution in [3.05, 3.63) is 28.2 Å². The number of anilines is 1. The van der Waals surface area contributed by atoms with Crippen molar-refractivity contribution in [2.45, 2.75) is 26.2 Å². The minimum atomic E-state index is -0.858. The quantitative estimate of drug-likeness (QED) is 0.727. The summed E-state index contributed by atoms with van der Waals surface area (Å²) in [5, 5.41) is 14.2. The number of hydrogen-bond donors (Lipinski definition) is 3. The maximum absolute atomic E-state index is 12.0. The number of carboxylic acid groups (broad SMARTS) is 1. The van der Waals surface area contributed by atoms with Crippen LogP contribution in [-0.2, 0) is 14.4 Å². The van der Waals surface area contributed by atoms with Gasteiger partial charge in [0.25, 0.3) is 0 Å². The van der Waals surface area contributed by atoms with Crippen molar-refractivity contribution in [1.82, 2.24) is 5.32 Å². The highest BCUT2D eigenvalue weighted by Crippen LogP contribution is 2.31. The second-order valence-corrected chi connectivity index (χ2v) is 6.63. The van der Waals surface area contributed by atoms with Crippen LogP contribution in [0.15, 0.2) is 22.7 Å². The van der Waals surface area contributed by atoms with E-state index in [1.54, 1.807) is 6.07 Å². The molecule has 2 atom stereocenters. The maximum atomic E-state index is 12.0. The Morgan fingerprint density at radius 2 is 1.96 bits per heavy atom. The molecule has 0 saturated heterocycles. The normalized spacial score (nSPS) is 20.1. The molecule has 1 aliphatic rings. The Labute approximate surface area is 142 Å². The smallest absolute Gasteiger partial charge is 0.306 e. The summed E-state index contributed by atoms with van der Waals surface area (Å²) in [7, 11) is 0. The highest BCUT2D eigenvalue weighted by molar-refractivity contribution is 9.10. The van der Waals surface area contributed by atoms with Gasteiger partial charge in [0.05, 0.1) is 12.5 Å². The molecule has 0 aliphatic heterocycles. The molecular weight excluding hydrogens is 364 g/mol. The van der Waals surface area contributed by atoms with E-state index in [0.29, 0.717) is 24.9 Å². The molecule has 1 fully saturated rings. The average Bonchev–Trinajstić information content (AvgIpc) is 2.99. The number of carboxylic acids is 1. The zero-order valence-corrected chi connectivity index (χ0v) is 14.4. The minimum Gasteiger partial charge on any atom is -0.481 e. The van der Waals surface area contributed by atoms with E-state index in [0.717, 1.165) is 10.0 Å². The third-order valence-electron chi connectivity index (χ3n) is 4.02. The SMILES string of the molecule is Cc1cc(NC(=O)CNC(=O)[C@@H]2CC[C@H](C(=O)O)C2)ccc1Br. The first-order valence-electron chi connectivity index (χ1n) is 7.43. The number of aliphatic carboxylic acids is 1. The number of rotatable bonds is 5. The van der Waals surface area contributed by atoms with Crippen molar-refractivity contribution in [1.29, 1.82) is 0 Å². The molecule has 1 aromatic rings. The lowest BCUT2D eigenvalue weighted by Gasteiger charge is -2.11. The molecule has 1 saturated carbocycles. The maximum Gasteiger partial charge on any atom is 0.306 e. The van der Waals surface area contributed by atoms with E-state index in [1.807, 2.05) is 19.1 Å². The Morgan fingerprint density at radius 1 is 1.26 bits per heavy atom. The van der Waals surface area contributed by atoms with Gasteiger partial charge < -0.3 is 15.7 Å². The van der Waals surface area contributed by atoms with Crippen LogP contribution in [0.5, 0.6) is 0 Å². The fourth-order valence-electron chi connectivity index (χ4n) is 2.68. The number of hydrogen-bond acceptors (Lipinski definition) is 3. The average molecular weight is 383 g/mol. The second kappa shape index (κ2) is 7.59. The van der Waals surface area contributed by atoms with E-state index in [1.165, 1.54) is 0 Å². The van der Waals surface area contributed by atoms with Gasteiger partial charge in [-0.3, -0.25) is 14.4 Å². The summed E-state index contributed by atoms with van der Waals surface area (Å²) in [5.74, 6) is -2.20. The monoisotopic (exact) mass is 382 g/mol. The molecule has 0 aromatic heterocycles.